The predicted octanol–water partition coefficient (Wildman–Crippen LogP) is 1.99. The average Bonchev–Trinajstić information content (AvgIpc) is 2.42. The molecule has 0 saturated carbocycles. The molecular formula is C13H16ClN3O2. The summed E-state index contributed by atoms with van der Waals surface area (Å²) in [7, 11) is 0. The van der Waals surface area contributed by atoms with Crippen LogP contribution in [0.25, 0.3) is 0 Å². The van der Waals surface area contributed by atoms with Gasteiger partial charge in [0.05, 0.1) is 23.9 Å². The van der Waals surface area contributed by atoms with Crippen LogP contribution in [0.4, 0.5) is 5.69 Å². The number of hydrogen-bond acceptors (Lipinski definition) is 4. The van der Waals surface area contributed by atoms with Crippen LogP contribution in [-0.4, -0.2) is 42.8 Å². The molecule has 0 aromatic heterocycles. The summed E-state index contributed by atoms with van der Waals surface area (Å²) in [6.45, 7) is 4.06. The molecule has 0 atom stereocenters. The van der Waals surface area contributed by atoms with Gasteiger partial charge in [0.1, 0.15) is 0 Å². The van der Waals surface area contributed by atoms with Gasteiger partial charge in [0.25, 0.3) is 0 Å². The number of rotatable bonds is 3. The first-order valence-corrected chi connectivity index (χ1v) is 6.48. The first-order valence-electron chi connectivity index (χ1n) is 6.10. The lowest BCUT2D eigenvalue weighted by molar-refractivity contribution is -0.112. The van der Waals surface area contributed by atoms with Crippen molar-refractivity contribution >= 4 is 28.9 Å². The zero-order valence-corrected chi connectivity index (χ0v) is 11.5. The van der Waals surface area contributed by atoms with Gasteiger partial charge in [-0.15, -0.1) is 0 Å². The van der Waals surface area contributed by atoms with E-state index in [4.69, 9.17) is 16.3 Å². The minimum absolute atomic E-state index is 0.0820. The summed E-state index contributed by atoms with van der Waals surface area (Å²) in [5.74, 6) is 0.324. The highest BCUT2D eigenvalue weighted by molar-refractivity contribution is 6.38. The number of ketones is 1. The maximum absolute atomic E-state index is 11.7. The van der Waals surface area contributed by atoms with Crippen molar-refractivity contribution in [3.05, 3.63) is 29.3 Å². The Labute approximate surface area is 117 Å². The van der Waals surface area contributed by atoms with E-state index in [0.29, 0.717) is 42.8 Å². The molecule has 1 heterocycles. The summed E-state index contributed by atoms with van der Waals surface area (Å²) in [5, 5.41) is 4.75. The van der Waals surface area contributed by atoms with Crippen LogP contribution < -0.4 is 5.43 Å². The third kappa shape index (κ3) is 3.68. The highest BCUT2D eigenvalue weighted by atomic mass is 35.5. The molecule has 1 aromatic rings. The predicted molar refractivity (Wildman–Crippen MR) is 75.6 cm³/mol. The number of hydrazone groups is 1. The van der Waals surface area contributed by atoms with E-state index in [2.05, 4.69) is 10.5 Å². The van der Waals surface area contributed by atoms with Crippen LogP contribution in [0, 0.1) is 0 Å². The summed E-state index contributed by atoms with van der Waals surface area (Å²) in [6.07, 6.45) is 0. The first kappa shape index (κ1) is 13.8. The fourth-order valence-corrected chi connectivity index (χ4v) is 1.99. The zero-order chi connectivity index (χ0) is 13.7. The van der Waals surface area contributed by atoms with Gasteiger partial charge in [-0.3, -0.25) is 10.2 Å². The van der Waals surface area contributed by atoms with Crippen LogP contribution in [-0.2, 0) is 9.53 Å². The maximum Gasteiger partial charge on any atom is 0.196 e. The topological polar surface area (TPSA) is 53.9 Å². The molecule has 0 bridgehead atoms. The molecule has 1 saturated heterocycles. The number of carbonyl (C=O) groups is 1. The Morgan fingerprint density at radius 2 is 2.05 bits per heavy atom. The second-order valence-corrected chi connectivity index (χ2v) is 4.59. The van der Waals surface area contributed by atoms with Crippen molar-refractivity contribution in [2.24, 2.45) is 5.10 Å². The highest BCUT2D eigenvalue weighted by Gasteiger charge is 2.18. The molecule has 1 aliphatic heterocycles. The number of amidine groups is 1. The number of carbonyl (C=O) groups excluding carboxylic acids is 1. The Morgan fingerprint density at radius 3 is 2.68 bits per heavy atom. The second kappa shape index (κ2) is 6.54. The lowest BCUT2D eigenvalue weighted by Crippen LogP contribution is -2.44. The molecule has 6 heteroatoms. The molecule has 0 aliphatic carbocycles. The molecule has 0 amide bonds. The van der Waals surface area contributed by atoms with Gasteiger partial charge in [-0.05, 0) is 12.1 Å². The lowest BCUT2D eigenvalue weighted by atomic mass is 10.3. The number of hydrogen-bond donors (Lipinski definition) is 1. The number of para-hydroxylation sites is 1. The lowest BCUT2D eigenvalue weighted by Gasteiger charge is -2.28. The zero-order valence-electron chi connectivity index (χ0n) is 10.7. The van der Waals surface area contributed by atoms with E-state index in [-0.39, 0.29) is 5.78 Å². The standard InChI is InChI=1S/C13H16ClN3O2/c1-10(18)13(17-6-8-19-9-7-17)16-15-12-5-3-2-4-11(12)14/h2-5,15H,6-9H2,1H3. The molecule has 1 fully saturated rings. The van der Waals surface area contributed by atoms with Crippen LogP contribution in [0.5, 0.6) is 0 Å². The molecule has 5 nitrogen and oxygen atoms in total. The van der Waals surface area contributed by atoms with Gasteiger partial charge in [-0.1, -0.05) is 23.7 Å². The molecule has 2 rings (SSSR count). The van der Waals surface area contributed by atoms with Crippen LogP contribution >= 0.6 is 11.6 Å². The van der Waals surface area contributed by atoms with E-state index in [0.717, 1.165) is 0 Å². The molecule has 19 heavy (non-hydrogen) atoms. The third-order valence-corrected chi connectivity index (χ3v) is 3.11. The van der Waals surface area contributed by atoms with Gasteiger partial charge in [-0.2, -0.15) is 5.10 Å². The van der Waals surface area contributed by atoms with E-state index in [9.17, 15) is 4.79 Å². The van der Waals surface area contributed by atoms with Crippen molar-refractivity contribution in [1.29, 1.82) is 0 Å². The monoisotopic (exact) mass is 281 g/mol. The summed E-state index contributed by atoms with van der Waals surface area (Å²) in [5.41, 5.74) is 3.52. The van der Waals surface area contributed by atoms with Gasteiger partial charge in [0, 0.05) is 20.0 Å². The number of anilines is 1. The Balaban J connectivity index is 2.12. The quantitative estimate of drug-likeness (QED) is 0.523. The summed E-state index contributed by atoms with van der Waals surface area (Å²) >= 11 is 6.02. The Hall–Kier alpha value is -1.59. The van der Waals surface area contributed by atoms with Gasteiger partial charge in [-0.25, -0.2) is 0 Å². The fraction of sp³-hybridized carbons (Fsp3) is 0.385. The van der Waals surface area contributed by atoms with Crippen molar-refractivity contribution in [2.75, 3.05) is 31.7 Å². The number of morpholine rings is 1. The van der Waals surface area contributed by atoms with E-state index in [1.165, 1.54) is 6.92 Å². The van der Waals surface area contributed by atoms with Crippen LogP contribution in [0.15, 0.2) is 29.4 Å². The average molecular weight is 282 g/mol. The van der Waals surface area contributed by atoms with Crippen LogP contribution in [0.2, 0.25) is 5.02 Å². The molecular weight excluding hydrogens is 266 g/mol. The highest BCUT2D eigenvalue weighted by Crippen LogP contribution is 2.20. The number of nitrogens with zero attached hydrogens (tertiary/aromatic N) is 2. The largest absolute Gasteiger partial charge is 0.378 e. The Kier molecular flexibility index (Phi) is 4.76. The van der Waals surface area contributed by atoms with Gasteiger partial charge >= 0.3 is 0 Å². The van der Waals surface area contributed by atoms with Crippen molar-refractivity contribution in [1.82, 2.24) is 4.90 Å². The molecule has 1 aliphatic rings. The van der Waals surface area contributed by atoms with Crippen molar-refractivity contribution in [2.45, 2.75) is 6.92 Å². The number of nitrogens with one attached hydrogen (secondary N) is 1. The van der Waals surface area contributed by atoms with Crippen molar-refractivity contribution in [3.8, 4) is 0 Å². The first-order chi connectivity index (χ1) is 9.18. The maximum atomic E-state index is 11.7. The van der Waals surface area contributed by atoms with E-state index in [1.807, 2.05) is 23.1 Å². The van der Waals surface area contributed by atoms with Gasteiger partial charge in [0.15, 0.2) is 11.6 Å². The Morgan fingerprint density at radius 1 is 1.37 bits per heavy atom. The molecule has 1 N–H and O–H groups in total. The molecule has 0 radical (unpaired) electrons. The molecule has 0 spiro atoms. The normalized spacial score (nSPS) is 16.3. The number of halogens is 1. The Bertz CT molecular complexity index is 485. The molecule has 1 aromatic carbocycles. The van der Waals surface area contributed by atoms with E-state index >= 15 is 0 Å². The fourth-order valence-electron chi connectivity index (χ4n) is 1.81. The van der Waals surface area contributed by atoms with Crippen molar-refractivity contribution < 1.29 is 9.53 Å². The summed E-state index contributed by atoms with van der Waals surface area (Å²) in [6, 6.07) is 7.27. The molecule has 102 valence electrons. The van der Waals surface area contributed by atoms with Gasteiger partial charge < -0.3 is 9.64 Å². The SMILES string of the molecule is CC(=O)C(=NNc1ccccc1Cl)N1CCOCC1. The number of Topliss-reactive ketones (excluding diaryl/α,β-unsaturated/α-hetero) is 1. The van der Waals surface area contributed by atoms with E-state index in [1.54, 1.807) is 6.07 Å². The van der Waals surface area contributed by atoms with Crippen LogP contribution in [0.1, 0.15) is 6.92 Å². The number of ether oxygens (including phenoxy) is 1. The summed E-state index contributed by atoms with van der Waals surface area (Å²) in [4.78, 5) is 13.6. The summed E-state index contributed by atoms with van der Waals surface area (Å²) < 4.78 is 5.26. The molecule has 0 unspecified atom stereocenters. The smallest absolute Gasteiger partial charge is 0.196 e. The minimum atomic E-state index is -0.0820. The second-order valence-electron chi connectivity index (χ2n) is 4.18. The van der Waals surface area contributed by atoms with Crippen LogP contribution in [0.3, 0.4) is 0 Å². The minimum Gasteiger partial charge on any atom is -0.378 e. The van der Waals surface area contributed by atoms with Crippen molar-refractivity contribution in [3.63, 3.8) is 0 Å². The van der Waals surface area contributed by atoms with Gasteiger partial charge in [0.2, 0.25) is 0 Å². The third-order valence-electron chi connectivity index (χ3n) is 2.78. The van der Waals surface area contributed by atoms with E-state index < -0.39 is 0 Å². The number of benzene rings is 1.